The van der Waals surface area contributed by atoms with E-state index in [0.717, 1.165) is 12.1 Å². The highest BCUT2D eigenvalue weighted by Crippen LogP contribution is 2.54. The van der Waals surface area contributed by atoms with Crippen LogP contribution in [0.15, 0.2) is 48.7 Å². The van der Waals surface area contributed by atoms with Crippen molar-refractivity contribution in [1.29, 1.82) is 0 Å². The number of halogens is 5. The molecule has 0 radical (unpaired) electrons. The maximum atomic E-state index is 14.2. The maximum absolute atomic E-state index is 14.2. The van der Waals surface area contributed by atoms with Crippen molar-refractivity contribution in [2.75, 3.05) is 5.73 Å². The average Bonchev–Trinajstić information content (AvgIpc) is 3.18. The molecule has 186 valence electrons. The largest absolute Gasteiger partial charge is 0.505 e. The van der Waals surface area contributed by atoms with E-state index >= 15 is 0 Å². The molecule has 0 spiro atoms. The van der Waals surface area contributed by atoms with Crippen LogP contribution in [0.5, 0.6) is 5.75 Å². The number of hydrogen-bond donors (Lipinski definition) is 4. The second-order valence-corrected chi connectivity index (χ2v) is 8.50. The molecule has 0 aliphatic heterocycles. The summed E-state index contributed by atoms with van der Waals surface area (Å²) in [5.41, 5.74) is 2.53. The number of anilines is 1. The third kappa shape index (κ3) is 3.99. The van der Waals surface area contributed by atoms with Gasteiger partial charge >= 0.3 is 6.18 Å². The molecule has 0 bridgehead atoms. The van der Waals surface area contributed by atoms with E-state index in [1.807, 2.05) is 0 Å². The number of rotatable bonds is 4. The lowest BCUT2D eigenvalue weighted by Crippen LogP contribution is -2.58. The molecule has 6 nitrogen and oxygen atoms in total. The van der Waals surface area contributed by atoms with Crippen LogP contribution >= 0.6 is 0 Å². The fourth-order valence-electron chi connectivity index (χ4n) is 4.63. The van der Waals surface area contributed by atoms with Crippen LogP contribution in [0, 0.1) is 11.6 Å². The number of phenols is 1. The zero-order valence-electron chi connectivity index (χ0n) is 18.4. The van der Waals surface area contributed by atoms with Gasteiger partial charge in [-0.2, -0.15) is 13.2 Å². The van der Waals surface area contributed by atoms with Crippen molar-refractivity contribution in [3.05, 3.63) is 77.0 Å². The fourth-order valence-corrected chi connectivity index (χ4v) is 4.63. The molecule has 1 heterocycles. The third-order valence-corrected chi connectivity index (χ3v) is 6.49. The van der Waals surface area contributed by atoms with E-state index in [1.165, 1.54) is 41.1 Å². The first-order valence-electron chi connectivity index (χ1n) is 10.7. The number of aliphatic hydroxyl groups is 1. The number of aromatic nitrogens is 1. The van der Waals surface area contributed by atoms with Gasteiger partial charge in [0.15, 0.2) is 17.2 Å². The number of phenolic OH excluding ortho intramolecular Hbond substituents is 1. The summed E-state index contributed by atoms with van der Waals surface area (Å²) in [5, 5.41) is 23.3. The first-order chi connectivity index (χ1) is 16.4. The lowest BCUT2D eigenvalue weighted by Gasteiger charge is -2.45. The number of alkyl halides is 3. The average molecular weight is 495 g/mol. The number of hydrogen-bond acceptors (Lipinski definition) is 4. The highest BCUT2D eigenvalue weighted by atomic mass is 19.4. The first kappa shape index (κ1) is 24.5. The van der Waals surface area contributed by atoms with Crippen molar-refractivity contribution in [3.8, 4) is 11.4 Å². The number of carbonyl (C=O) groups excluding carboxylic acids is 1. The van der Waals surface area contributed by atoms with Gasteiger partial charge in [0.2, 0.25) is 0 Å². The van der Waals surface area contributed by atoms with E-state index in [9.17, 15) is 37.0 Å². The standard InChI is InChI=1S/C24H22F5N3O3/c1-2-12-11-23(35,24(27,28)29)20(15-7-8-17(26)19(33)18(12)15)31-22(34)16-9-10-32(21(16)30)14-5-3-13(25)4-6-14/h3-10,12,20,33,35H,2,11,30H2,1H3,(H,31,34)/t12-,20+,23-/m1/s1. The predicted octanol–water partition coefficient (Wildman–Crippen LogP) is 4.71. The Bertz CT molecular complexity index is 1270. The Morgan fingerprint density at radius 2 is 1.83 bits per heavy atom. The molecule has 0 fully saturated rings. The monoisotopic (exact) mass is 495 g/mol. The van der Waals surface area contributed by atoms with Crippen molar-refractivity contribution in [2.45, 2.75) is 43.5 Å². The number of nitrogens with zero attached hydrogens (tertiary/aromatic N) is 1. The van der Waals surface area contributed by atoms with Gasteiger partial charge in [-0.25, -0.2) is 8.78 Å². The molecular weight excluding hydrogens is 473 g/mol. The molecule has 3 aromatic rings. The SMILES string of the molecule is CC[C@@H]1C[C@](O)(C(F)(F)F)[C@@H](NC(=O)c2ccn(-c3ccc(F)cc3)c2N)c2ccc(F)c(O)c21. The van der Waals surface area contributed by atoms with Crippen molar-refractivity contribution in [1.82, 2.24) is 9.88 Å². The number of fused-ring (bicyclic) bond motifs is 1. The number of aromatic hydroxyl groups is 1. The summed E-state index contributed by atoms with van der Waals surface area (Å²) < 4.78 is 71.1. The Morgan fingerprint density at radius 3 is 2.43 bits per heavy atom. The molecule has 35 heavy (non-hydrogen) atoms. The number of amides is 1. The van der Waals surface area contributed by atoms with Crippen molar-refractivity contribution in [3.63, 3.8) is 0 Å². The minimum absolute atomic E-state index is 0.0799. The number of carbonyl (C=O) groups is 1. The molecule has 1 aromatic heterocycles. The Hall–Kier alpha value is -3.60. The zero-order valence-corrected chi connectivity index (χ0v) is 18.4. The van der Waals surface area contributed by atoms with Crippen molar-refractivity contribution < 1.29 is 37.0 Å². The summed E-state index contributed by atoms with van der Waals surface area (Å²) in [4.78, 5) is 13.1. The van der Waals surface area contributed by atoms with Gasteiger partial charge in [-0.15, -0.1) is 0 Å². The molecule has 5 N–H and O–H groups in total. The summed E-state index contributed by atoms with van der Waals surface area (Å²) in [5.74, 6) is -4.50. The Kier molecular flexibility index (Phi) is 6.00. The van der Waals surface area contributed by atoms with Crippen LogP contribution in [0.4, 0.5) is 27.8 Å². The summed E-state index contributed by atoms with van der Waals surface area (Å²) in [6.45, 7) is 1.55. The Balaban J connectivity index is 1.77. The molecule has 0 unspecified atom stereocenters. The molecule has 1 amide bonds. The smallest absolute Gasteiger partial charge is 0.419 e. The molecule has 3 atom stereocenters. The summed E-state index contributed by atoms with van der Waals surface area (Å²) in [6.07, 6.45) is -4.59. The van der Waals surface area contributed by atoms with Gasteiger partial charge in [-0.1, -0.05) is 13.0 Å². The molecule has 1 aliphatic carbocycles. The van der Waals surface area contributed by atoms with Crippen LogP contribution in [-0.4, -0.2) is 32.5 Å². The maximum Gasteiger partial charge on any atom is 0.419 e. The van der Waals surface area contributed by atoms with Crippen molar-refractivity contribution >= 4 is 11.7 Å². The van der Waals surface area contributed by atoms with E-state index < -0.39 is 53.4 Å². The second-order valence-electron chi connectivity index (χ2n) is 8.50. The first-order valence-corrected chi connectivity index (χ1v) is 10.7. The van der Waals surface area contributed by atoms with Gasteiger partial charge in [0.05, 0.1) is 11.6 Å². The third-order valence-electron chi connectivity index (χ3n) is 6.49. The number of benzene rings is 2. The van der Waals surface area contributed by atoms with E-state index in [1.54, 1.807) is 6.92 Å². The molecule has 4 rings (SSSR count). The minimum Gasteiger partial charge on any atom is -0.505 e. The molecule has 0 saturated heterocycles. The second kappa shape index (κ2) is 8.56. The van der Waals surface area contributed by atoms with Crippen LogP contribution in [0.3, 0.4) is 0 Å². The van der Waals surface area contributed by atoms with Crippen molar-refractivity contribution in [2.24, 2.45) is 0 Å². The lowest BCUT2D eigenvalue weighted by molar-refractivity contribution is -0.277. The van der Waals surface area contributed by atoms with Gasteiger partial charge in [-0.3, -0.25) is 4.79 Å². The Morgan fingerprint density at radius 1 is 1.17 bits per heavy atom. The Labute approximate surface area is 196 Å². The van der Waals surface area contributed by atoms with Gasteiger partial charge in [0.1, 0.15) is 11.6 Å². The van der Waals surface area contributed by atoms with E-state index in [4.69, 9.17) is 5.73 Å². The zero-order chi connectivity index (χ0) is 25.7. The van der Waals surface area contributed by atoms with E-state index in [0.29, 0.717) is 5.69 Å². The summed E-state index contributed by atoms with van der Waals surface area (Å²) in [6, 6.07) is 6.15. The summed E-state index contributed by atoms with van der Waals surface area (Å²) >= 11 is 0. The van der Waals surface area contributed by atoms with Gasteiger partial charge < -0.3 is 25.8 Å². The van der Waals surface area contributed by atoms with Crippen LogP contribution in [0.1, 0.15) is 53.2 Å². The summed E-state index contributed by atoms with van der Waals surface area (Å²) in [7, 11) is 0. The van der Waals surface area contributed by atoms with Crippen LogP contribution in [0.2, 0.25) is 0 Å². The number of nitrogens with one attached hydrogen (secondary N) is 1. The van der Waals surface area contributed by atoms with E-state index in [2.05, 4.69) is 5.32 Å². The number of nitrogen functional groups attached to an aromatic ring is 1. The molecule has 1 aliphatic rings. The van der Waals surface area contributed by atoms with Gasteiger partial charge in [-0.05, 0) is 60.7 Å². The quantitative estimate of drug-likeness (QED) is 0.394. The van der Waals surface area contributed by atoms with Crippen LogP contribution < -0.4 is 11.1 Å². The van der Waals surface area contributed by atoms with E-state index in [-0.39, 0.29) is 28.9 Å². The molecule has 11 heteroatoms. The molecular formula is C24H22F5N3O3. The molecule has 2 aromatic carbocycles. The van der Waals surface area contributed by atoms with Crippen LogP contribution in [-0.2, 0) is 0 Å². The van der Waals surface area contributed by atoms with Crippen LogP contribution in [0.25, 0.3) is 5.69 Å². The van der Waals surface area contributed by atoms with Gasteiger partial charge in [0, 0.05) is 17.4 Å². The lowest BCUT2D eigenvalue weighted by atomic mass is 9.69. The number of nitrogens with two attached hydrogens (primary N) is 1. The molecule has 0 saturated carbocycles. The fraction of sp³-hybridized carbons (Fsp3) is 0.292. The highest BCUT2D eigenvalue weighted by molar-refractivity contribution is 5.99. The minimum atomic E-state index is -5.16. The highest BCUT2D eigenvalue weighted by Gasteiger charge is 2.62. The van der Waals surface area contributed by atoms with Gasteiger partial charge in [0.25, 0.3) is 5.91 Å². The topological polar surface area (TPSA) is 101 Å². The predicted molar refractivity (Wildman–Crippen MR) is 117 cm³/mol. The normalized spacial score (nSPS) is 22.0.